The predicted octanol–water partition coefficient (Wildman–Crippen LogP) is 6.56. The highest BCUT2D eigenvalue weighted by Crippen LogP contribution is 2.40. The fraction of sp³-hybridized carbons (Fsp3) is 0.467. The van der Waals surface area contributed by atoms with Gasteiger partial charge in [0.25, 0.3) is 0 Å². The van der Waals surface area contributed by atoms with Crippen molar-refractivity contribution in [2.75, 3.05) is 0 Å². The van der Waals surface area contributed by atoms with Gasteiger partial charge in [0.15, 0.2) is 11.6 Å². The van der Waals surface area contributed by atoms with Crippen LogP contribution in [0.2, 0.25) is 0 Å². The summed E-state index contributed by atoms with van der Waals surface area (Å²) in [5, 5.41) is 0. The van der Waals surface area contributed by atoms with Crippen molar-refractivity contribution in [3.05, 3.63) is 68.8 Å². The summed E-state index contributed by atoms with van der Waals surface area (Å²) in [4.78, 5) is 33.0. The number of nitrogens with zero attached hydrogens (tertiary/aromatic N) is 2. The Labute approximate surface area is 203 Å². The zero-order valence-corrected chi connectivity index (χ0v) is 21.6. The van der Waals surface area contributed by atoms with Gasteiger partial charge in [0.1, 0.15) is 0 Å². The van der Waals surface area contributed by atoms with Gasteiger partial charge < -0.3 is 0 Å². The molecule has 34 heavy (non-hydrogen) atoms. The van der Waals surface area contributed by atoms with Gasteiger partial charge in [-0.1, -0.05) is 33.8 Å². The molecule has 0 aromatic carbocycles. The van der Waals surface area contributed by atoms with E-state index in [4.69, 9.17) is 0 Å². The Morgan fingerprint density at radius 2 is 1.56 bits per heavy atom. The van der Waals surface area contributed by atoms with Crippen LogP contribution in [0.25, 0.3) is 11.6 Å². The van der Waals surface area contributed by atoms with E-state index in [1.165, 1.54) is 29.5 Å². The summed E-state index contributed by atoms with van der Waals surface area (Å²) in [5.74, 6) is 2.00. The molecule has 3 aliphatic carbocycles. The van der Waals surface area contributed by atoms with E-state index in [0.29, 0.717) is 36.4 Å². The second-order valence-electron chi connectivity index (χ2n) is 10.6. The molecule has 5 rings (SSSR count). The molecule has 2 heterocycles. The SMILES string of the molecule is CC(C)c1cnc2c(c1)CC(=O)C(C1CC1)=C2.CC1=C(C)c2ncc(C(C)C)c(C)c2CC1=O. The molecule has 0 saturated heterocycles. The highest BCUT2D eigenvalue weighted by atomic mass is 16.1. The van der Waals surface area contributed by atoms with E-state index in [2.05, 4.69) is 50.7 Å². The van der Waals surface area contributed by atoms with Crippen LogP contribution in [0.4, 0.5) is 0 Å². The molecule has 0 spiro atoms. The number of carbonyl (C=O) groups excluding carboxylic acids is 2. The number of hydrogen-bond acceptors (Lipinski definition) is 4. The van der Waals surface area contributed by atoms with Crippen LogP contribution in [-0.2, 0) is 22.4 Å². The van der Waals surface area contributed by atoms with Gasteiger partial charge in [0, 0.05) is 30.8 Å². The van der Waals surface area contributed by atoms with Crippen LogP contribution in [0.5, 0.6) is 0 Å². The average Bonchev–Trinajstić information content (AvgIpc) is 3.63. The number of aromatic nitrogens is 2. The first-order chi connectivity index (χ1) is 16.1. The fourth-order valence-corrected chi connectivity index (χ4v) is 4.83. The number of fused-ring (bicyclic) bond motifs is 2. The Balaban J connectivity index is 0.000000161. The average molecular weight is 457 g/mol. The molecule has 0 amide bonds. The smallest absolute Gasteiger partial charge is 0.163 e. The summed E-state index contributed by atoms with van der Waals surface area (Å²) in [7, 11) is 0. The van der Waals surface area contributed by atoms with Crippen LogP contribution in [0.3, 0.4) is 0 Å². The minimum absolute atomic E-state index is 0.237. The lowest BCUT2D eigenvalue weighted by Crippen LogP contribution is -2.17. The third-order valence-electron chi connectivity index (χ3n) is 7.47. The van der Waals surface area contributed by atoms with Crippen LogP contribution in [0, 0.1) is 12.8 Å². The molecule has 0 bridgehead atoms. The lowest BCUT2D eigenvalue weighted by atomic mass is 9.84. The van der Waals surface area contributed by atoms with E-state index in [9.17, 15) is 9.59 Å². The summed E-state index contributed by atoms with van der Waals surface area (Å²) >= 11 is 0. The molecule has 4 nitrogen and oxygen atoms in total. The lowest BCUT2D eigenvalue weighted by Gasteiger charge is -2.22. The molecular weight excluding hydrogens is 420 g/mol. The monoisotopic (exact) mass is 456 g/mol. The quantitative estimate of drug-likeness (QED) is 0.525. The first-order valence-corrected chi connectivity index (χ1v) is 12.5. The van der Waals surface area contributed by atoms with Crippen LogP contribution in [0.15, 0.2) is 29.6 Å². The number of rotatable bonds is 3. The predicted molar refractivity (Wildman–Crippen MR) is 138 cm³/mol. The molecule has 2 aromatic heterocycles. The van der Waals surface area contributed by atoms with Crippen LogP contribution in [-0.4, -0.2) is 21.5 Å². The van der Waals surface area contributed by atoms with Crippen molar-refractivity contribution < 1.29 is 9.59 Å². The van der Waals surface area contributed by atoms with Gasteiger partial charge in [-0.15, -0.1) is 0 Å². The fourth-order valence-electron chi connectivity index (χ4n) is 4.83. The molecule has 0 radical (unpaired) electrons. The van der Waals surface area contributed by atoms with Gasteiger partial charge in [0.2, 0.25) is 0 Å². The Hall–Kier alpha value is -2.88. The summed E-state index contributed by atoms with van der Waals surface area (Å²) in [6, 6.07) is 2.14. The van der Waals surface area contributed by atoms with Gasteiger partial charge in [-0.3, -0.25) is 19.6 Å². The second-order valence-corrected chi connectivity index (χ2v) is 10.6. The van der Waals surface area contributed by atoms with E-state index in [1.807, 2.05) is 32.3 Å². The van der Waals surface area contributed by atoms with Crippen LogP contribution in [0.1, 0.15) is 105 Å². The third kappa shape index (κ3) is 4.68. The van der Waals surface area contributed by atoms with Crippen molar-refractivity contribution >= 4 is 23.2 Å². The molecule has 178 valence electrons. The van der Waals surface area contributed by atoms with Gasteiger partial charge in [-0.25, -0.2) is 0 Å². The Bertz CT molecular complexity index is 1230. The molecule has 0 atom stereocenters. The highest BCUT2D eigenvalue weighted by Gasteiger charge is 2.33. The summed E-state index contributed by atoms with van der Waals surface area (Å²) in [6.45, 7) is 14.6. The van der Waals surface area contributed by atoms with Crippen molar-refractivity contribution in [3.63, 3.8) is 0 Å². The molecule has 1 fully saturated rings. The number of ketones is 2. The standard InChI is InChI=1S/C15H17NO.C15H19NO/c1-9(2)12-5-11-6-15(17)13(10-3-4-10)7-14(11)16-8-12;1-8(2)13-7-16-15-10(4)9(3)14(17)6-12(15)11(13)5/h5,7-10H,3-4,6H2,1-2H3;7-8H,6H2,1-5H3. The van der Waals surface area contributed by atoms with Crippen molar-refractivity contribution in [2.24, 2.45) is 5.92 Å². The lowest BCUT2D eigenvalue weighted by molar-refractivity contribution is -0.115. The van der Waals surface area contributed by atoms with E-state index >= 15 is 0 Å². The largest absolute Gasteiger partial charge is 0.294 e. The molecule has 0 unspecified atom stereocenters. The van der Waals surface area contributed by atoms with Crippen molar-refractivity contribution in [1.29, 1.82) is 0 Å². The number of pyridine rings is 2. The van der Waals surface area contributed by atoms with Crippen LogP contribution >= 0.6 is 0 Å². The van der Waals surface area contributed by atoms with Crippen molar-refractivity contribution in [3.8, 4) is 0 Å². The van der Waals surface area contributed by atoms with E-state index in [1.54, 1.807) is 0 Å². The summed E-state index contributed by atoms with van der Waals surface area (Å²) in [5.41, 5.74) is 10.9. The zero-order chi connectivity index (χ0) is 24.7. The summed E-state index contributed by atoms with van der Waals surface area (Å²) < 4.78 is 0. The molecule has 1 saturated carbocycles. The maximum Gasteiger partial charge on any atom is 0.163 e. The highest BCUT2D eigenvalue weighted by molar-refractivity contribution is 6.06. The Kier molecular flexibility index (Phi) is 6.71. The van der Waals surface area contributed by atoms with Gasteiger partial charge in [0.05, 0.1) is 11.4 Å². The molecule has 3 aliphatic rings. The van der Waals surface area contributed by atoms with Gasteiger partial charge >= 0.3 is 0 Å². The maximum atomic E-state index is 12.0. The molecular formula is C30H36N2O2. The van der Waals surface area contributed by atoms with E-state index in [-0.39, 0.29) is 5.78 Å². The number of hydrogen-bond donors (Lipinski definition) is 0. The second kappa shape index (κ2) is 9.40. The van der Waals surface area contributed by atoms with Gasteiger partial charge in [-0.2, -0.15) is 0 Å². The first kappa shape index (κ1) is 24.3. The van der Waals surface area contributed by atoms with Gasteiger partial charge in [-0.05, 0) is 96.4 Å². The molecule has 0 aliphatic heterocycles. The minimum atomic E-state index is 0.237. The first-order valence-electron chi connectivity index (χ1n) is 12.5. The van der Waals surface area contributed by atoms with Crippen molar-refractivity contribution in [1.82, 2.24) is 9.97 Å². The number of carbonyl (C=O) groups is 2. The topological polar surface area (TPSA) is 59.9 Å². The van der Waals surface area contributed by atoms with Crippen LogP contribution < -0.4 is 0 Å². The Morgan fingerprint density at radius 3 is 2.18 bits per heavy atom. The Morgan fingerprint density at radius 1 is 0.853 bits per heavy atom. The molecule has 4 heteroatoms. The normalized spacial score (nSPS) is 17.4. The molecule has 2 aromatic rings. The number of Topliss-reactive ketones (excluding diaryl/α,β-unsaturated/α-hetero) is 2. The minimum Gasteiger partial charge on any atom is -0.294 e. The summed E-state index contributed by atoms with van der Waals surface area (Å²) in [6.07, 6.45) is 9.34. The third-order valence-corrected chi connectivity index (χ3v) is 7.47. The molecule has 0 N–H and O–H groups in total. The van der Waals surface area contributed by atoms with Crippen molar-refractivity contribution in [2.45, 2.75) is 86.0 Å². The van der Waals surface area contributed by atoms with E-state index in [0.717, 1.165) is 39.2 Å². The maximum absolute atomic E-state index is 12.0. The zero-order valence-electron chi connectivity index (χ0n) is 21.6. The number of allylic oxidation sites excluding steroid dienone is 3. The van der Waals surface area contributed by atoms with E-state index < -0.39 is 0 Å².